The first-order chi connectivity index (χ1) is 7.18. The van der Waals surface area contributed by atoms with Crippen LogP contribution in [0.25, 0.3) is 0 Å². The smallest absolute Gasteiger partial charge is 0.184 e. The summed E-state index contributed by atoms with van der Waals surface area (Å²) in [6.45, 7) is 6.54. The van der Waals surface area contributed by atoms with Crippen molar-refractivity contribution >= 4 is 0 Å². The Balaban J connectivity index is 1.70. The van der Waals surface area contributed by atoms with Crippen molar-refractivity contribution in [2.75, 3.05) is 0 Å². The predicted octanol–water partition coefficient (Wildman–Crippen LogP) is 3.35. The van der Waals surface area contributed by atoms with E-state index in [-0.39, 0.29) is 6.29 Å². The molecular weight excluding hydrogens is 188 g/mol. The molecule has 0 spiro atoms. The molecule has 0 aromatic heterocycles. The molecule has 1 heterocycles. The van der Waals surface area contributed by atoms with Crippen molar-refractivity contribution in [1.82, 2.24) is 0 Å². The van der Waals surface area contributed by atoms with E-state index < -0.39 is 0 Å². The molecule has 2 aliphatic rings. The van der Waals surface area contributed by atoms with Crippen LogP contribution in [0.1, 0.15) is 52.9 Å². The van der Waals surface area contributed by atoms with Crippen LogP contribution in [0.15, 0.2) is 0 Å². The van der Waals surface area contributed by atoms with Crippen LogP contribution < -0.4 is 0 Å². The van der Waals surface area contributed by atoms with Gasteiger partial charge in [0.25, 0.3) is 0 Å². The van der Waals surface area contributed by atoms with E-state index in [1.807, 2.05) is 0 Å². The lowest BCUT2D eigenvalue weighted by molar-refractivity contribution is -0.0238. The minimum Gasteiger partial charge on any atom is -0.347 e. The van der Waals surface area contributed by atoms with Crippen LogP contribution in [0.3, 0.4) is 0 Å². The molecule has 1 saturated carbocycles. The Labute approximate surface area is 93.3 Å². The van der Waals surface area contributed by atoms with Gasteiger partial charge >= 0.3 is 0 Å². The third kappa shape index (κ3) is 2.94. The molecule has 3 atom stereocenters. The zero-order valence-corrected chi connectivity index (χ0v) is 10.2. The van der Waals surface area contributed by atoms with Gasteiger partial charge in [-0.15, -0.1) is 0 Å². The molecule has 2 rings (SSSR count). The topological polar surface area (TPSA) is 21.8 Å². The quantitative estimate of drug-likeness (QED) is 0.667. The standard InChI is InChI=1S/C13H24O2/c1-9(2)10(3)14-13-12(15-13)11-7-5-4-6-8-11/h9-13H,4-8H2,1-3H3. The van der Waals surface area contributed by atoms with Crippen molar-refractivity contribution in [3.63, 3.8) is 0 Å². The number of rotatable bonds is 4. The van der Waals surface area contributed by atoms with Gasteiger partial charge in [0.1, 0.15) is 6.10 Å². The zero-order valence-electron chi connectivity index (χ0n) is 10.2. The molecular formula is C13H24O2. The van der Waals surface area contributed by atoms with Crippen LogP contribution in [0.5, 0.6) is 0 Å². The molecule has 2 fully saturated rings. The zero-order chi connectivity index (χ0) is 10.8. The molecule has 2 nitrogen and oxygen atoms in total. The maximum atomic E-state index is 5.87. The highest BCUT2D eigenvalue weighted by molar-refractivity contribution is 4.87. The van der Waals surface area contributed by atoms with E-state index in [0.717, 1.165) is 5.92 Å². The van der Waals surface area contributed by atoms with Crippen LogP contribution in [-0.2, 0) is 9.47 Å². The summed E-state index contributed by atoms with van der Waals surface area (Å²) in [5.74, 6) is 1.37. The predicted molar refractivity (Wildman–Crippen MR) is 60.6 cm³/mol. The molecule has 88 valence electrons. The van der Waals surface area contributed by atoms with E-state index >= 15 is 0 Å². The van der Waals surface area contributed by atoms with E-state index in [4.69, 9.17) is 9.47 Å². The highest BCUT2D eigenvalue weighted by atomic mass is 16.8. The van der Waals surface area contributed by atoms with Crippen molar-refractivity contribution in [1.29, 1.82) is 0 Å². The normalized spacial score (nSPS) is 34.4. The van der Waals surface area contributed by atoms with Gasteiger partial charge in [0, 0.05) is 0 Å². The second-order valence-corrected chi connectivity index (χ2v) is 5.45. The number of epoxide rings is 1. The van der Waals surface area contributed by atoms with Crippen molar-refractivity contribution in [3.05, 3.63) is 0 Å². The van der Waals surface area contributed by atoms with E-state index in [1.165, 1.54) is 32.1 Å². The van der Waals surface area contributed by atoms with Crippen LogP contribution in [0.4, 0.5) is 0 Å². The van der Waals surface area contributed by atoms with E-state index in [2.05, 4.69) is 20.8 Å². The lowest BCUT2D eigenvalue weighted by Gasteiger charge is -2.20. The second-order valence-electron chi connectivity index (χ2n) is 5.45. The first-order valence-corrected chi connectivity index (χ1v) is 6.49. The Hall–Kier alpha value is -0.0800. The van der Waals surface area contributed by atoms with Crippen LogP contribution >= 0.6 is 0 Å². The Morgan fingerprint density at radius 2 is 1.73 bits per heavy atom. The minimum absolute atomic E-state index is 0.116. The maximum Gasteiger partial charge on any atom is 0.184 e. The summed E-state index contributed by atoms with van der Waals surface area (Å²) >= 11 is 0. The summed E-state index contributed by atoms with van der Waals surface area (Å²) in [6.07, 6.45) is 7.74. The van der Waals surface area contributed by atoms with Gasteiger partial charge in [0.05, 0.1) is 6.10 Å². The lowest BCUT2D eigenvalue weighted by Crippen LogP contribution is -2.21. The SMILES string of the molecule is CC(C)C(C)OC1OC1C1CCCCC1. The van der Waals surface area contributed by atoms with Gasteiger partial charge in [-0.05, 0) is 31.6 Å². The summed E-state index contributed by atoms with van der Waals surface area (Å²) in [7, 11) is 0. The molecule has 1 aliphatic heterocycles. The minimum atomic E-state index is 0.116. The Morgan fingerprint density at radius 1 is 1.07 bits per heavy atom. The molecule has 3 unspecified atom stereocenters. The molecule has 0 radical (unpaired) electrons. The lowest BCUT2D eigenvalue weighted by atomic mass is 9.87. The first-order valence-electron chi connectivity index (χ1n) is 6.49. The van der Waals surface area contributed by atoms with Crippen molar-refractivity contribution in [2.24, 2.45) is 11.8 Å². The average Bonchev–Trinajstić information content (AvgIpc) is 2.98. The van der Waals surface area contributed by atoms with E-state index in [0.29, 0.717) is 18.1 Å². The molecule has 1 saturated heterocycles. The summed E-state index contributed by atoms with van der Waals surface area (Å²) in [5, 5.41) is 0. The van der Waals surface area contributed by atoms with Crippen molar-refractivity contribution in [3.8, 4) is 0 Å². The largest absolute Gasteiger partial charge is 0.347 e. The van der Waals surface area contributed by atoms with E-state index in [9.17, 15) is 0 Å². The summed E-state index contributed by atoms with van der Waals surface area (Å²) in [6, 6.07) is 0. The second kappa shape index (κ2) is 4.84. The van der Waals surface area contributed by atoms with Gasteiger partial charge in [-0.1, -0.05) is 33.1 Å². The Morgan fingerprint density at radius 3 is 2.33 bits per heavy atom. The highest BCUT2D eigenvalue weighted by Crippen LogP contribution is 2.39. The average molecular weight is 212 g/mol. The van der Waals surface area contributed by atoms with Crippen molar-refractivity contribution < 1.29 is 9.47 Å². The number of ether oxygens (including phenoxy) is 2. The maximum absolute atomic E-state index is 5.87. The summed E-state index contributed by atoms with van der Waals surface area (Å²) in [5.41, 5.74) is 0. The van der Waals surface area contributed by atoms with Gasteiger partial charge in [-0.25, -0.2) is 0 Å². The van der Waals surface area contributed by atoms with Gasteiger partial charge in [0.2, 0.25) is 0 Å². The third-order valence-electron chi connectivity index (χ3n) is 3.88. The van der Waals surface area contributed by atoms with Gasteiger partial charge in [-0.3, -0.25) is 0 Å². The van der Waals surface area contributed by atoms with Crippen LogP contribution in [-0.4, -0.2) is 18.5 Å². The fourth-order valence-corrected chi connectivity index (χ4v) is 2.38. The molecule has 15 heavy (non-hydrogen) atoms. The number of hydrogen-bond acceptors (Lipinski definition) is 2. The van der Waals surface area contributed by atoms with Gasteiger partial charge in [0.15, 0.2) is 6.29 Å². The molecule has 2 heteroatoms. The fraction of sp³-hybridized carbons (Fsp3) is 1.00. The van der Waals surface area contributed by atoms with Crippen molar-refractivity contribution in [2.45, 2.75) is 71.4 Å². The first kappa shape index (κ1) is 11.4. The summed E-state index contributed by atoms with van der Waals surface area (Å²) < 4.78 is 11.5. The van der Waals surface area contributed by atoms with E-state index in [1.54, 1.807) is 0 Å². The number of hydrogen-bond donors (Lipinski definition) is 0. The Bertz CT molecular complexity index is 197. The van der Waals surface area contributed by atoms with Crippen LogP contribution in [0.2, 0.25) is 0 Å². The summed E-state index contributed by atoms with van der Waals surface area (Å²) in [4.78, 5) is 0. The molecule has 1 aliphatic carbocycles. The molecule has 0 N–H and O–H groups in total. The molecule has 0 amide bonds. The Kier molecular flexibility index (Phi) is 3.68. The highest BCUT2D eigenvalue weighted by Gasteiger charge is 2.46. The molecule has 0 aromatic carbocycles. The van der Waals surface area contributed by atoms with Gasteiger partial charge < -0.3 is 9.47 Å². The monoisotopic (exact) mass is 212 g/mol. The molecule has 0 aromatic rings. The molecule has 0 bridgehead atoms. The van der Waals surface area contributed by atoms with Crippen LogP contribution in [0, 0.1) is 11.8 Å². The van der Waals surface area contributed by atoms with Gasteiger partial charge in [-0.2, -0.15) is 0 Å². The fourth-order valence-electron chi connectivity index (χ4n) is 2.38. The third-order valence-corrected chi connectivity index (χ3v) is 3.88.